The van der Waals surface area contributed by atoms with Gasteiger partial charge in [-0.25, -0.2) is 9.37 Å². The number of nitrogens with zero attached hydrogens (tertiary/aromatic N) is 4. The number of rotatable bonds is 4. The van der Waals surface area contributed by atoms with Crippen LogP contribution < -0.4 is 0 Å². The molecule has 0 atom stereocenters. The summed E-state index contributed by atoms with van der Waals surface area (Å²) in [5, 5.41) is 17.3. The Balaban J connectivity index is 2.12. The third-order valence-corrected chi connectivity index (χ3v) is 3.27. The van der Waals surface area contributed by atoms with Gasteiger partial charge in [0, 0.05) is 6.20 Å². The summed E-state index contributed by atoms with van der Waals surface area (Å²) in [6.45, 7) is 0. The van der Waals surface area contributed by atoms with Crippen molar-refractivity contribution in [2.24, 2.45) is 10.2 Å². The van der Waals surface area contributed by atoms with E-state index >= 15 is 0 Å². The van der Waals surface area contributed by atoms with E-state index in [9.17, 15) is 9.18 Å². The highest BCUT2D eigenvalue weighted by atomic mass is 35.5. The Hall–Kier alpha value is -2.80. The number of hydrogen-bond donors (Lipinski definition) is 1. The lowest BCUT2D eigenvalue weighted by molar-refractivity contribution is -0.136. The van der Waals surface area contributed by atoms with Crippen molar-refractivity contribution >= 4 is 34.7 Å². The van der Waals surface area contributed by atoms with E-state index in [1.807, 2.05) is 0 Å². The predicted octanol–water partition coefficient (Wildman–Crippen LogP) is 4.17. The first-order valence-electron chi connectivity index (χ1n) is 6.59. The van der Waals surface area contributed by atoms with E-state index in [4.69, 9.17) is 16.7 Å². The summed E-state index contributed by atoms with van der Waals surface area (Å²) in [6.07, 6.45) is 1.22. The largest absolute Gasteiger partial charge is 0.481 e. The minimum Gasteiger partial charge on any atom is -0.481 e. The molecule has 3 aromatic rings. The lowest BCUT2D eigenvalue weighted by Gasteiger charge is -1.98. The molecule has 116 valence electrons. The molecular weight excluding hydrogens is 323 g/mol. The molecule has 6 nitrogen and oxygen atoms in total. The highest BCUT2D eigenvalue weighted by Crippen LogP contribution is 2.27. The quantitative estimate of drug-likeness (QED) is 0.728. The molecule has 3 rings (SSSR count). The Kier molecular flexibility index (Phi) is 4.03. The summed E-state index contributed by atoms with van der Waals surface area (Å²) in [7, 11) is 0. The van der Waals surface area contributed by atoms with Crippen molar-refractivity contribution in [3.05, 3.63) is 59.1 Å². The fourth-order valence-electron chi connectivity index (χ4n) is 2.06. The molecule has 8 heteroatoms. The third kappa shape index (κ3) is 3.19. The Labute approximate surface area is 134 Å². The molecule has 0 spiro atoms. The molecule has 0 unspecified atom stereocenters. The number of carboxylic acid groups (broad SMARTS) is 1. The number of imidazole rings is 1. The van der Waals surface area contributed by atoms with Crippen LogP contribution in [-0.2, 0) is 11.2 Å². The van der Waals surface area contributed by atoms with Crippen LogP contribution in [0.5, 0.6) is 0 Å². The van der Waals surface area contributed by atoms with Crippen LogP contribution in [0.2, 0.25) is 5.02 Å². The number of carboxylic acids is 1. The number of pyridine rings is 1. The van der Waals surface area contributed by atoms with Gasteiger partial charge in [0.15, 0.2) is 11.6 Å². The molecule has 2 heterocycles. The van der Waals surface area contributed by atoms with Gasteiger partial charge in [-0.1, -0.05) is 23.7 Å². The second-order valence-corrected chi connectivity index (χ2v) is 5.12. The molecule has 23 heavy (non-hydrogen) atoms. The molecule has 0 aliphatic rings. The van der Waals surface area contributed by atoms with E-state index in [0.717, 1.165) is 0 Å². The minimum atomic E-state index is -1.05. The van der Waals surface area contributed by atoms with Gasteiger partial charge in [-0.3, -0.25) is 9.20 Å². The fraction of sp³-hybridized carbons (Fsp3) is 0.0667. The maximum absolute atomic E-state index is 13.6. The zero-order valence-electron chi connectivity index (χ0n) is 11.6. The molecule has 0 fully saturated rings. The highest BCUT2D eigenvalue weighted by molar-refractivity contribution is 6.30. The van der Waals surface area contributed by atoms with Crippen LogP contribution in [-0.4, -0.2) is 20.5 Å². The number of fused-ring (bicyclic) bond motifs is 1. The molecule has 0 saturated heterocycles. The SMILES string of the molecule is O=C(O)Cc1nc2ccc(Cl)cn2c1N=Nc1ccccc1F. The van der Waals surface area contributed by atoms with Crippen molar-refractivity contribution in [2.45, 2.75) is 6.42 Å². The van der Waals surface area contributed by atoms with E-state index in [0.29, 0.717) is 10.7 Å². The van der Waals surface area contributed by atoms with Gasteiger partial charge in [-0.2, -0.15) is 0 Å². The number of benzene rings is 1. The van der Waals surface area contributed by atoms with Gasteiger partial charge in [0.25, 0.3) is 0 Å². The molecule has 1 N–H and O–H groups in total. The first kappa shape index (κ1) is 15.1. The minimum absolute atomic E-state index is 0.0470. The molecule has 1 aromatic carbocycles. The van der Waals surface area contributed by atoms with Gasteiger partial charge in [-0.15, -0.1) is 10.2 Å². The van der Waals surface area contributed by atoms with Crippen LogP contribution in [0.15, 0.2) is 52.8 Å². The number of aliphatic carboxylic acids is 1. The van der Waals surface area contributed by atoms with Gasteiger partial charge in [0.1, 0.15) is 11.3 Å². The number of aromatic nitrogens is 2. The number of carbonyl (C=O) groups is 1. The van der Waals surface area contributed by atoms with Crippen LogP contribution in [0.3, 0.4) is 0 Å². The third-order valence-electron chi connectivity index (χ3n) is 3.05. The molecule has 0 saturated carbocycles. The Morgan fingerprint density at radius 2 is 2.04 bits per heavy atom. The number of azo groups is 1. The van der Waals surface area contributed by atoms with Crippen LogP contribution in [0, 0.1) is 5.82 Å². The molecule has 0 aliphatic heterocycles. The molecule has 0 bridgehead atoms. The van der Waals surface area contributed by atoms with E-state index in [-0.39, 0.29) is 23.6 Å². The van der Waals surface area contributed by atoms with E-state index < -0.39 is 11.8 Å². The molecule has 0 aliphatic carbocycles. The zero-order valence-corrected chi connectivity index (χ0v) is 12.4. The van der Waals surface area contributed by atoms with Gasteiger partial charge in [0.05, 0.1) is 17.1 Å². The van der Waals surface area contributed by atoms with Crippen molar-refractivity contribution in [3.8, 4) is 0 Å². The number of hydrogen-bond acceptors (Lipinski definition) is 4. The summed E-state index contributed by atoms with van der Waals surface area (Å²) in [6, 6.07) is 9.16. The van der Waals surface area contributed by atoms with Crippen LogP contribution in [0.1, 0.15) is 5.69 Å². The Morgan fingerprint density at radius 1 is 1.26 bits per heavy atom. The van der Waals surface area contributed by atoms with Crippen molar-refractivity contribution < 1.29 is 14.3 Å². The van der Waals surface area contributed by atoms with Gasteiger partial charge < -0.3 is 5.11 Å². The van der Waals surface area contributed by atoms with Crippen LogP contribution >= 0.6 is 11.6 Å². The van der Waals surface area contributed by atoms with Crippen molar-refractivity contribution in [1.29, 1.82) is 0 Å². The van der Waals surface area contributed by atoms with Crippen molar-refractivity contribution in [3.63, 3.8) is 0 Å². The lowest BCUT2D eigenvalue weighted by Crippen LogP contribution is -2.00. The average Bonchev–Trinajstić information content (AvgIpc) is 2.82. The van der Waals surface area contributed by atoms with E-state index in [1.165, 1.54) is 22.6 Å². The van der Waals surface area contributed by atoms with Gasteiger partial charge in [0.2, 0.25) is 0 Å². The molecule has 0 radical (unpaired) electrons. The fourth-order valence-corrected chi connectivity index (χ4v) is 2.22. The molecule has 2 aromatic heterocycles. The standard InChI is InChI=1S/C15H10ClFN4O2/c16-9-5-6-13-18-12(7-14(22)23)15(21(13)8-9)20-19-11-4-2-1-3-10(11)17/h1-6,8H,7H2,(H,22,23). The Bertz CT molecular complexity index is 923. The number of halogens is 2. The second-order valence-electron chi connectivity index (χ2n) is 4.68. The van der Waals surface area contributed by atoms with Crippen LogP contribution in [0.4, 0.5) is 15.9 Å². The summed E-state index contributed by atoms with van der Waals surface area (Å²) >= 11 is 5.95. The van der Waals surface area contributed by atoms with Crippen molar-refractivity contribution in [1.82, 2.24) is 9.38 Å². The monoisotopic (exact) mass is 332 g/mol. The summed E-state index contributed by atoms with van der Waals surface area (Å²) in [4.78, 5) is 15.2. The highest BCUT2D eigenvalue weighted by Gasteiger charge is 2.15. The van der Waals surface area contributed by atoms with Gasteiger partial charge in [-0.05, 0) is 24.3 Å². The maximum atomic E-state index is 13.6. The Morgan fingerprint density at radius 3 is 2.78 bits per heavy atom. The smallest absolute Gasteiger partial charge is 0.309 e. The van der Waals surface area contributed by atoms with Gasteiger partial charge >= 0.3 is 5.97 Å². The first-order valence-corrected chi connectivity index (χ1v) is 6.97. The summed E-state index contributed by atoms with van der Waals surface area (Å²) in [5.74, 6) is -1.38. The first-order chi connectivity index (χ1) is 11.0. The van der Waals surface area contributed by atoms with Crippen molar-refractivity contribution in [2.75, 3.05) is 0 Å². The molecule has 0 amide bonds. The average molecular weight is 333 g/mol. The molecular formula is C15H10ClFN4O2. The topological polar surface area (TPSA) is 79.3 Å². The van der Waals surface area contributed by atoms with E-state index in [2.05, 4.69) is 15.2 Å². The second kappa shape index (κ2) is 6.13. The van der Waals surface area contributed by atoms with E-state index in [1.54, 1.807) is 24.4 Å². The maximum Gasteiger partial charge on any atom is 0.309 e. The summed E-state index contributed by atoms with van der Waals surface area (Å²) < 4.78 is 15.1. The normalized spacial score (nSPS) is 11.4. The predicted molar refractivity (Wildman–Crippen MR) is 82.1 cm³/mol. The lowest BCUT2D eigenvalue weighted by atomic mass is 10.3. The van der Waals surface area contributed by atoms with Crippen LogP contribution in [0.25, 0.3) is 5.65 Å². The summed E-state index contributed by atoms with van der Waals surface area (Å²) in [5.41, 5.74) is 0.749. The zero-order chi connectivity index (χ0) is 16.4.